The Labute approximate surface area is 150 Å². The monoisotopic (exact) mass is 342 g/mol. The van der Waals surface area contributed by atoms with E-state index in [9.17, 15) is 0 Å². The number of hydrogen-bond donors (Lipinski definition) is 0. The smallest absolute Gasteiger partial charge is 0.0654 e. The maximum atomic E-state index is 6.65. The highest BCUT2D eigenvalue weighted by Gasteiger charge is 2.48. The van der Waals surface area contributed by atoms with Crippen molar-refractivity contribution in [3.8, 4) is 0 Å². The van der Waals surface area contributed by atoms with Gasteiger partial charge in [0.05, 0.1) is 25.4 Å². The molecule has 0 unspecified atom stereocenters. The van der Waals surface area contributed by atoms with E-state index in [2.05, 4.69) is 34.6 Å². The van der Waals surface area contributed by atoms with Crippen LogP contribution in [0.25, 0.3) is 0 Å². The quantitative estimate of drug-likeness (QED) is 0.556. The molecule has 144 valence electrons. The molecule has 0 bridgehead atoms. The summed E-state index contributed by atoms with van der Waals surface area (Å²) in [6.45, 7) is 13.6. The molecule has 3 heteroatoms. The Bertz CT molecular complexity index is 335. The Balaban J connectivity index is 2.94. The Morgan fingerprint density at radius 2 is 1.29 bits per heavy atom. The zero-order valence-corrected chi connectivity index (χ0v) is 17.4. The zero-order valence-electron chi connectivity index (χ0n) is 17.4. The van der Waals surface area contributed by atoms with Crippen LogP contribution in [0.15, 0.2) is 0 Å². The minimum Gasteiger partial charge on any atom is -0.384 e. The maximum Gasteiger partial charge on any atom is 0.0654 e. The summed E-state index contributed by atoms with van der Waals surface area (Å²) in [5.41, 5.74) is -0.0622. The molecule has 0 aromatic rings. The van der Waals surface area contributed by atoms with Crippen molar-refractivity contribution in [2.24, 2.45) is 16.7 Å². The van der Waals surface area contributed by atoms with E-state index in [0.29, 0.717) is 25.7 Å². The molecule has 1 aliphatic rings. The van der Waals surface area contributed by atoms with Crippen molar-refractivity contribution in [1.82, 2.24) is 0 Å². The van der Waals surface area contributed by atoms with Crippen LogP contribution in [-0.2, 0) is 14.2 Å². The van der Waals surface area contributed by atoms with Gasteiger partial charge in [-0.1, -0.05) is 59.8 Å². The van der Waals surface area contributed by atoms with Gasteiger partial charge < -0.3 is 14.2 Å². The van der Waals surface area contributed by atoms with Crippen molar-refractivity contribution < 1.29 is 14.2 Å². The molecule has 1 fully saturated rings. The summed E-state index contributed by atoms with van der Waals surface area (Å²) >= 11 is 0. The second-order valence-electron chi connectivity index (χ2n) is 9.03. The first kappa shape index (κ1) is 21.9. The fourth-order valence-corrected chi connectivity index (χ4v) is 3.96. The van der Waals surface area contributed by atoms with Gasteiger partial charge in [0, 0.05) is 19.6 Å². The van der Waals surface area contributed by atoms with Gasteiger partial charge in [-0.25, -0.2) is 0 Å². The standard InChI is InChI=1S/C21H42O3/c1-18(2)19(3,4)21(15-22-6,16-23-7)17-24-20(5)13-11-9-8-10-12-14-20/h18H,8-17H2,1-7H3. The molecule has 0 aliphatic heterocycles. The van der Waals surface area contributed by atoms with E-state index in [1.807, 2.05) is 0 Å². The van der Waals surface area contributed by atoms with Crippen molar-refractivity contribution in [1.29, 1.82) is 0 Å². The average molecular weight is 343 g/mol. The van der Waals surface area contributed by atoms with Gasteiger partial charge >= 0.3 is 0 Å². The van der Waals surface area contributed by atoms with E-state index < -0.39 is 0 Å². The molecule has 1 saturated carbocycles. The number of hydrogen-bond acceptors (Lipinski definition) is 3. The van der Waals surface area contributed by atoms with Crippen LogP contribution in [0, 0.1) is 16.7 Å². The van der Waals surface area contributed by atoms with Gasteiger partial charge in [0.2, 0.25) is 0 Å². The first-order chi connectivity index (χ1) is 11.2. The van der Waals surface area contributed by atoms with E-state index in [1.165, 1.54) is 44.9 Å². The highest BCUT2D eigenvalue weighted by atomic mass is 16.5. The van der Waals surface area contributed by atoms with Gasteiger partial charge in [-0.3, -0.25) is 0 Å². The van der Waals surface area contributed by atoms with Gasteiger partial charge in [-0.2, -0.15) is 0 Å². The molecule has 0 amide bonds. The second kappa shape index (κ2) is 9.54. The fraction of sp³-hybridized carbons (Fsp3) is 1.00. The lowest BCUT2D eigenvalue weighted by Gasteiger charge is -2.50. The number of rotatable bonds is 9. The number of ether oxygens (including phenoxy) is 3. The summed E-state index contributed by atoms with van der Waals surface area (Å²) in [6.07, 6.45) is 8.98. The molecule has 0 saturated heterocycles. The van der Waals surface area contributed by atoms with E-state index in [-0.39, 0.29) is 16.4 Å². The molecule has 0 atom stereocenters. The molecule has 0 heterocycles. The summed E-state index contributed by atoms with van der Waals surface area (Å²) in [6, 6.07) is 0. The lowest BCUT2D eigenvalue weighted by molar-refractivity contribution is -0.167. The molecule has 0 aromatic heterocycles. The zero-order chi connectivity index (χ0) is 18.3. The van der Waals surface area contributed by atoms with Crippen LogP contribution in [0.1, 0.15) is 79.6 Å². The molecule has 1 rings (SSSR count). The Morgan fingerprint density at radius 3 is 1.71 bits per heavy atom. The molecule has 0 spiro atoms. The fourth-order valence-electron chi connectivity index (χ4n) is 3.96. The van der Waals surface area contributed by atoms with E-state index in [0.717, 1.165) is 0 Å². The van der Waals surface area contributed by atoms with Crippen LogP contribution >= 0.6 is 0 Å². The van der Waals surface area contributed by atoms with Gasteiger partial charge in [-0.15, -0.1) is 0 Å². The van der Waals surface area contributed by atoms with Crippen molar-refractivity contribution in [2.45, 2.75) is 85.2 Å². The Hall–Kier alpha value is -0.120. The predicted molar refractivity (Wildman–Crippen MR) is 101 cm³/mol. The van der Waals surface area contributed by atoms with Crippen LogP contribution in [0.2, 0.25) is 0 Å². The Kier molecular flexibility index (Phi) is 8.72. The minimum atomic E-state index is -0.129. The summed E-state index contributed by atoms with van der Waals surface area (Å²) in [5.74, 6) is 0.525. The topological polar surface area (TPSA) is 27.7 Å². The first-order valence-corrected chi connectivity index (χ1v) is 9.85. The molecule has 1 aliphatic carbocycles. The second-order valence-corrected chi connectivity index (χ2v) is 9.03. The van der Waals surface area contributed by atoms with E-state index in [4.69, 9.17) is 14.2 Å². The molecular formula is C21H42O3. The van der Waals surface area contributed by atoms with Gasteiger partial charge in [0.15, 0.2) is 0 Å². The molecular weight excluding hydrogens is 300 g/mol. The van der Waals surface area contributed by atoms with Crippen LogP contribution < -0.4 is 0 Å². The molecule has 3 nitrogen and oxygen atoms in total. The normalized spacial score (nSPS) is 20.0. The van der Waals surface area contributed by atoms with Crippen LogP contribution in [0.4, 0.5) is 0 Å². The third kappa shape index (κ3) is 5.44. The summed E-state index contributed by atoms with van der Waals surface area (Å²) in [4.78, 5) is 0. The molecule has 0 N–H and O–H groups in total. The minimum absolute atomic E-state index is 0.000211. The molecule has 0 aromatic carbocycles. The van der Waals surface area contributed by atoms with Crippen LogP contribution in [0.3, 0.4) is 0 Å². The van der Waals surface area contributed by atoms with E-state index in [1.54, 1.807) is 14.2 Å². The van der Waals surface area contributed by atoms with Gasteiger partial charge in [-0.05, 0) is 31.1 Å². The van der Waals surface area contributed by atoms with Gasteiger partial charge in [0.25, 0.3) is 0 Å². The SMILES string of the molecule is COCC(COC)(COC1(C)CCCCCCC1)C(C)(C)C(C)C. The molecule has 0 radical (unpaired) electrons. The largest absolute Gasteiger partial charge is 0.384 e. The summed E-state index contributed by atoms with van der Waals surface area (Å²) in [7, 11) is 3.58. The third-order valence-corrected chi connectivity index (χ3v) is 6.76. The van der Waals surface area contributed by atoms with Crippen LogP contribution in [0.5, 0.6) is 0 Å². The third-order valence-electron chi connectivity index (χ3n) is 6.76. The van der Waals surface area contributed by atoms with Crippen molar-refractivity contribution in [3.63, 3.8) is 0 Å². The average Bonchev–Trinajstić information content (AvgIpc) is 2.49. The van der Waals surface area contributed by atoms with Gasteiger partial charge in [0.1, 0.15) is 0 Å². The number of methoxy groups -OCH3 is 2. The van der Waals surface area contributed by atoms with Crippen LogP contribution in [-0.4, -0.2) is 39.6 Å². The highest BCUT2D eigenvalue weighted by molar-refractivity contribution is 4.96. The lowest BCUT2D eigenvalue weighted by Crippen LogP contribution is -2.52. The summed E-state index contributed by atoms with van der Waals surface area (Å²) in [5, 5.41) is 0. The van der Waals surface area contributed by atoms with Crippen molar-refractivity contribution >= 4 is 0 Å². The predicted octanol–water partition coefficient (Wildman–Crippen LogP) is 5.47. The maximum absolute atomic E-state index is 6.65. The lowest BCUT2D eigenvalue weighted by atomic mass is 9.61. The van der Waals surface area contributed by atoms with Crippen molar-refractivity contribution in [2.75, 3.05) is 34.0 Å². The van der Waals surface area contributed by atoms with Crippen molar-refractivity contribution in [3.05, 3.63) is 0 Å². The highest BCUT2D eigenvalue weighted by Crippen LogP contribution is 2.46. The first-order valence-electron chi connectivity index (χ1n) is 9.85. The summed E-state index contributed by atoms with van der Waals surface area (Å²) < 4.78 is 18.0. The van der Waals surface area contributed by atoms with E-state index >= 15 is 0 Å². The molecule has 24 heavy (non-hydrogen) atoms. The Morgan fingerprint density at radius 1 is 0.833 bits per heavy atom.